The van der Waals surface area contributed by atoms with Crippen molar-refractivity contribution in [2.24, 2.45) is 0 Å². The fourth-order valence-corrected chi connectivity index (χ4v) is 2.66. The Hall–Kier alpha value is -0.610. The van der Waals surface area contributed by atoms with E-state index in [0.717, 1.165) is 6.42 Å². The first-order valence-corrected chi connectivity index (χ1v) is 6.20. The van der Waals surface area contributed by atoms with Gasteiger partial charge in [0, 0.05) is 12.6 Å². The van der Waals surface area contributed by atoms with Gasteiger partial charge in [-0.05, 0) is 39.8 Å². The number of carbonyl (C=O) groups is 1. The fraction of sp³-hybridized carbons (Fsp3) is 0.917. The molecule has 2 aliphatic rings. The molecule has 0 aromatic carbocycles. The molecule has 2 fully saturated rings. The third kappa shape index (κ3) is 2.74. The number of hydrogen-bond donors (Lipinski definition) is 1. The van der Waals surface area contributed by atoms with Crippen molar-refractivity contribution >= 4 is 5.91 Å². The third-order valence-corrected chi connectivity index (χ3v) is 3.80. The minimum Gasteiger partial charge on any atom is -0.364 e. The largest absolute Gasteiger partial charge is 0.364 e. The Kier molecular flexibility index (Phi) is 3.50. The number of piperidine rings is 1. The van der Waals surface area contributed by atoms with E-state index < -0.39 is 0 Å². The number of nitrogens with zero attached hydrogens (tertiary/aromatic N) is 1. The van der Waals surface area contributed by atoms with Crippen LogP contribution in [0, 0.1) is 0 Å². The molecule has 2 saturated heterocycles. The van der Waals surface area contributed by atoms with Gasteiger partial charge in [-0.1, -0.05) is 6.42 Å². The number of morpholine rings is 1. The lowest BCUT2D eigenvalue weighted by Crippen LogP contribution is -2.54. The number of hydrogen-bond acceptors (Lipinski definition) is 3. The highest BCUT2D eigenvalue weighted by atomic mass is 16.5. The molecule has 4 heteroatoms. The Morgan fingerprint density at radius 2 is 2.38 bits per heavy atom. The summed E-state index contributed by atoms with van der Waals surface area (Å²) >= 11 is 0. The van der Waals surface area contributed by atoms with E-state index in [0.29, 0.717) is 12.6 Å². The number of amides is 1. The predicted octanol–water partition coefficient (Wildman–Crippen LogP) is 0.766. The van der Waals surface area contributed by atoms with E-state index in [4.69, 9.17) is 4.74 Å². The maximum Gasteiger partial charge on any atom is 0.246 e. The molecule has 16 heavy (non-hydrogen) atoms. The molecule has 4 nitrogen and oxygen atoms in total. The highest BCUT2D eigenvalue weighted by Crippen LogP contribution is 2.26. The SMILES string of the molecule is CN1CCCCC1CC1(C)CNC(=O)CO1. The second-order valence-corrected chi connectivity index (χ2v) is 5.35. The highest BCUT2D eigenvalue weighted by Gasteiger charge is 2.35. The van der Waals surface area contributed by atoms with Gasteiger partial charge >= 0.3 is 0 Å². The number of rotatable bonds is 2. The lowest BCUT2D eigenvalue weighted by atomic mass is 9.89. The summed E-state index contributed by atoms with van der Waals surface area (Å²) < 4.78 is 5.69. The van der Waals surface area contributed by atoms with Gasteiger partial charge in [-0.15, -0.1) is 0 Å². The Morgan fingerprint density at radius 1 is 1.56 bits per heavy atom. The lowest BCUT2D eigenvalue weighted by Gasteiger charge is -2.41. The lowest BCUT2D eigenvalue weighted by molar-refractivity contribution is -0.144. The standard InChI is InChI=1S/C12H22N2O2/c1-12(9-13-11(15)8-16-12)7-10-5-3-4-6-14(10)2/h10H,3-9H2,1-2H3,(H,13,15). The Balaban J connectivity index is 1.89. The van der Waals surface area contributed by atoms with Gasteiger partial charge in [0.1, 0.15) is 6.61 Å². The van der Waals surface area contributed by atoms with E-state index in [2.05, 4.69) is 24.2 Å². The summed E-state index contributed by atoms with van der Waals surface area (Å²) in [5.74, 6) is 0.00877. The van der Waals surface area contributed by atoms with Gasteiger partial charge in [-0.3, -0.25) is 4.79 Å². The normalized spacial score (nSPS) is 37.1. The van der Waals surface area contributed by atoms with E-state index in [1.165, 1.54) is 25.8 Å². The van der Waals surface area contributed by atoms with Gasteiger partial charge in [0.15, 0.2) is 0 Å². The first kappa shape index (κ1) is 11.9. The number of ether oxygens (including phenoxy) is 1. The number of carbonyl (C=O) groups excluding carboxylic acids is 1. The molecule has 0 spiro atoms. The van der Waals surface area contributed by atoms with Crippen molar-refractivity contribution in [2.75, 3.05) is 26.7 Å². The van der Waals surface area contributed by atoms with Crippen LogP contribution in [0.25, 0.3) is 0 Å². The molecule has 0 saturated carbocycles. The van der Waals surface area contributed by atoms with E-state index in [-0.39, 0.29) is 18.1 Å². The van der Waals surface area contributed by atoms with Crippen molar-refractivity contribution in [2.45, 2.75) is 44.2 Å². The predicted molar refractivity (Wildman–Crippen MR) is 62.3 cm³/mol. The van der Waals surface area contributed by atoms with Crippen LogP contribution in [0.1, 0.15) is 32.6 Å². The van der Waals surface area contributed by atoms with Crippen molar-refractivity contribution in [3.63, 3.8) is 0 Å². The van der Waals surface area contributed by atoms with Crippen LogP contribution in [0.2, 0.25) is 0 Å². The molecule has 2 heterocycles. The second kappa shape index (κ2) is 4.72. The molecule has 0 aromatic rings. The molecule has 1 N–H and O–H groups in total. The topological polar surface area (TPSA) is 41.6 Å². The summed E-state index contributed by atoms with van der Waals surface area (Å²) in [5, 5.41) is 2.89. The summed E-state index contributed by atoms with van der Waals surface area (Å²) in [4.78, 5) is 13.5. The summed E-state index contributed by atoms with van der Waals surface area (Å²) in [6.45, 7) is 4.16. The summed E-state index contributed by atoms with van der Waals surface area (Å²) in [7, 11) is 2.19. The minimum absolute atomic E-state index is 0.00877. The first-order valence-electron chi connectivity index (χ1n) is 6.20. The number of nitrogens with one attached hydrogen (secondary N) is 1. The van der Waals surface area contributed by atoms with Crippen molar-refractivity contribution < 1.29 is 9.53 Å². The average molecular weight is 226 g/mol. The summed E-state index contributed by atoms with van der Waals surface area (Å²) in [5.41, 5.74) is -0.176. The monoisotopic (exact) mass is 226 g/mol. The second-order valence-electron chi connectivity index (χ2n) is 5.35. The van der Waals surface area contributed by atoms with Crippen LogP contribution < -0.4 is 5.32 Å². The van der Waals surface area contributed by atoms with Crippen LogP contribution >= 0.6 is 0 Å². The van der Waals surface area contributed by atoms with E-state index in [9.17, 15) is 4.79 Å². The zero-order valence-electron chi connectivity index (χ0n) is 10.3. The zero-order valence-corrected chi connectivity index (χ0v) is 10.3. The van der Waals surface area contributed by atoms with Crippen LogP contribution in [0.3, 0.4) is 0 Å². The molecular weight excluding hydrogens is 204 g/mol. The molecule has 2 unspecified atom stereocenters. The Bertz CT molecular complexity index is 258. The Labute approximate surface area is 97.3 Å². The minimum atomic E-state index is -0.176. The molecule has 0 radical (unpaired) electrons. The van der Waals surface area contributed by atoms with Gasteiger partial charge in [0.2, 0.25) is 5.91 Å². The van der Waals surface area contributed by atoms with Crippen LogP contribution in [0.4, 0.5) is 0 Å². The molecular formula is C12H22N2O2. The van der Waals surface area contributed by atoms with Crippen LogP contribution in [-0.4, -0.2) is 49.2 Å². The smallest absolute Gasteiger partial charge is 0.246 e. The van der Waals surface area contributed by atoms with Gasteiger partial charge in [0.25, 0.3) is 0 Å². The van der Waals surface area contributed by atoms with E-state index in [1.54, 1.807) is 0 Å². The Morgan fingerprint density at radius 3 is 3.00 bits per heavy atom. The van der Waals surface area contributed by atoms with E-state index in [1.807, 2.05) is 0 Å². The molecule has 92 valence electrons. The van der Waals surface area contributed by atoms with Crippen molar-refractivity contribution in [3.8, 4) is 0 Å². The first-order chi connectivity index (χ1) is 7.59. The van der Waals surface area contributed by atoms with Crippen LogP contribution in [0.15, 0.2) is 0 Å². The van der Waals surface area contributed by atoms with Crippen molar-refractivity contribution in [3.05, 3.63) is 0 Å². The maximum atomic E-state index is 11.1. The van der Waals surface area contributed by atoms with Crippen molar-refractivity contribution in [1.82, 2.24) is 10.2 Å². The van der Waals surface area contributed by atoms with E-state index >= 15 is 0 Å². The molecule has 0 aromatic heterocycles. The summed E-state index contributed by atoms with van der Waals surface area (Å²) in [6, 6.07) is 0.605. The quantitative estimate of drug-likeness (QED) is 0.756. The molecule has 2 rings (SSSR count). The molecule has 2 aliphatic heterocycles. The van der Waals surface area contributed by atoms with Gasteiger partial charge in [-0.25, -0.2) is 0 Å². The molecule has 2 atom stereocenters. The van der Waals surface area contributed by atoms with Crippen LogP contribution in [-0.2, 0) is 9.53 Å². The third-order valence-electron chi connectivity index (χ3n) is 3.80. The van der Waals surface area contributed by atoms with Crippen LogP contribution in [0.5, 0.6) is 0 Å². The highest BCUT2D eigenvalue weighted by molar-refractivity contribution is 5.77. The fourth-order valence-electron chi connectivity index (χ4n) is 2.66. The average Bonchev–Trinajstić information content (AvgIpc) is 2.27. The van der Waals surface area contributed by atoms with Crippen molar-refractivity contribution in [1.29, 1.82) is 0 Å². The molecule has 1 amide bonds. The molecule has 0 bridgehead atoms. The molecule has 0 aliphatic carbocycles. The zero-order chi connectivity index (χ0) is 11.6. The summed E-state index contributed by atoms with van der Waals surface area (Å²) in [6.07, 6.45) is 4.89. The number of likely N-dealkylation sites (tertiary alicyclic amines) is 1. The van der Waals surface area contributed by atoms with Gasteiger partial charge < -0.3 is 15.0 Å². The van der Waals surface area contributed by atoms with Gasteiger partial charge in [0.05, 0.1) is 5.60 Å². The maximum absolute atomic E-state index is 11.1. The van der Waals surface area contributed by atoms with Gasteiger partial charge in [-0.2, -0.15) is 0 Å².